The Balaban J connectivity index is 2.66. The first-order chi connectivity index (χ1) is 13.2. The van der Waals surface area contributed by atoms with Gasteiger partial charge in [-0.05, 0) is 38.8 Å². The number of allylic oxidation sites excluding steroid dienone is 2. The molecule has 0 fully saturated rings. The van der Waals surface area contributed by atoms with Gasteiger partial charge in [-0.2, -0.15) is 0 Å². The Kier molecular flexibility index (Phi) is 6.62. The number of fused-ring (bicyclic) bond motifs is 1. The van der Waals surface area contributed by atoms with Crippen molar-refractivity contribution in [3.05, 3.63) is 73.5 Å². The maximum Gasteiger partial charge on any atom is 0.417 e. The number of carbonyl (C=O) groups is 2. The molecular weight excluding hydrogens is 352 g/mol. The predicted molar refractivity (Wildman–Crippen MR) is 114 cm³/mol. The minimum Gasteiger partial charge on any atom is -0.443 e. The minimum atomic E-state index is -0.714. The van der Waals surface area contributed by atoms with E-state index in [9.17, 15) is 9.59 Å². The van der Waals surface area contributed by atoms with E-state index >= 15 is 0 Å². The lowest BCUT2D eigenvalue weighted by atomic mass is 10.1. The van der Waals surface area contributed by atoms with Crippen LogP contribution in [0.4, 0.5) is 4.79 Å². The van der Waals surface area contributed by atoms with Gasteiger partial charge >= 0.3 is 6.09 Å². The molecule has 148 valence electrons. The van der Waals surface area contributed by atoms with E-state index in [1.807, 2.05) is 28.8 Å². The van der Waals surface area contributed by atoms with Gasteiger partial charge < -0.3 is 9.30 Å². The number of carbonyl (C=O) groups excluding carboxylic acids is 2. The fourth-order valence-corrected chi connectivity index (χ4v) is 3.10. The van der Waals surface area contributed by atoms with Crippen LogP contribution in [0.25, 0.3) is 10.9 Å². The zero-order chi connectivity index (χ0) is 20.9. The lowest BCUT2D eigenvalue weighted by Gasteiger charge is -2.26. The van der Waals surface area contributed by atoms with Gasteiger partial charge in [0.05, 0.1) is 6.54 Å². The first-order valence-electron chi connectivity index (χ1n) is 9.22. The summed E-state index contributed by atoms with van der Waals surface area (Å²) in [5.74, 6) is -0.427. The number of benzene rings is 1. The van der Waals surface area contributed by atoms with E-state index in [0.717, 1.165) is 21.4 Å². The molecule has 1 heterocycles. The Morgan fingerprint density at radius 2 is 1.79 bits per heavy atom. The molecular formula is C23H28N2O3. The van der Waals surface area contributed by atoms with Crippen molar-refractivity contribution >= 4 is 22.9 Å². The van der Waals surface area contributed by atoms with Crippen LogP contribution in [-0.4, -0.2) is 33.6 Å². The number of amides is 2. The average molecular weight is 380 g/mol. The van der Waals surface area contributed by atoms with E-state index in [1.165, 1.54) is 6.08 Å². The van der Waals surface area contributed by atoms with Crippen molar-refractivity contribution in [1.29, 1.82) is 0 Å². The molecule has 0 bridgehead atoms. The summed E-state index contributed by atoms with van der Waals surface area (Å²) in [7, 11) is 0. The SMILES string of the molecule is C=CCc1c(C(=O)N(CC=C)C(=O)OC(C)(C)C)n(CC=C)c2ccccc12. The van der Waals surface area contributed by atoms with E-state index in [0.29, 0.717) is 18.7 Å². The van der Waals surface area contributed by atoms with Gasteiger partial charge in [-0.15, -0.1) is 19.7 Å². The van der Waals surface area contributed by atoms with Gasteiger partial charge in [0, 0.05) is 17.4 Å². The number of para-hydroxylation sites is 1. The molecule has 1 aromatic carbocycles. The van der Waals surface area contributed by atoms with Gasteiger partial charge in [0.2, 0.25) is 0 Å². The summed E-state index contributed by atoms with van der Waals surface area (Å²) >= 11 is 0. The number of rotatable bonds is 7. The van der Waals surface area contributed by atoms with Crippen LogP contribution < -0.4 is 0 Å². The number of ether oxygens (including phenoxy) is 1. The van der Waals surface area contributed by atoms with Crippen molar-refractivity contribution in [3.8, 4) is 0 Å². The molecule has 0 radical (unpaired) electrons. The zero-order valence-corrected chi connectivity index (χ0v) is 16.9. The predicted octanol–water partition coefficient (Wildman–Crippen LogP) is 5.12. The molecule has 0 unspecified atom stereocenters. The smallest absolute Gasteiger partial charge is 0.417 e. The molecule has 5 nitrogen and oxygen atoms in total. The van der Waals surface area contributed by atoms with E-state index in [1.54, 1.807) is 32.9 Å². The van der Waals surface area contributed by atoms with Crippen LogP contribution in [0.3, 0.4) is 0 Å². The molecule has 0 saturated heterocycles. The van der Waals surface area contributed by atoms with Crippen molar-refractivity contribution in [2.75, 3.05) is 6.54 Å². The minimum absolute atomic E-state index is 0.0525. The second-order valence-electron chi connectivity index (χ2n) is 7.42. The normalized spacial score (nSPS) is 11.1. The van der Waals surface area contributed by atoms with Crippen LogP contribution in [0.2, 0.25) is 0 Å². The molecule has 0 aliphatic carbocycles. The molecule has 5 heteroatoms. The Bertz CT molecular complexity index is 869. The maximum absolute atomic E-state index is 13.5. The molecule has 0 atom stereocenters. The highest BCUT2D eigenvalue weighted by Gasteiger charge is 2.31. The third-order valence-corrected chi connectivity index (χ3v) is 4.11. The van der Waals surface area contributed by atoms with Gasteiger partial charge in [0.15, 0.2) is 0 Å². The molecule has 2 amide bonds. The molecule has 2 rings (SSSR count). The van der Waals surface area contributed by atoms with Crippen LogP contribution in [0.15, 0.2) is 62.2 Å². The van der Waals surface area contributed by atoms with Crippen LogP contribution in [0.1, 0.15) is 36.8 Å². The Labute approximate surface area is 166 Å². The van der Waals surface area contributed by atoms with Crippen molar-refractivity contribution in [2.24, 2.45) is 0 Å². The van der Waals surface area contributed by atoms with Gasteiger partial charge in [0.1, 0.15) is 11.3 Å². The maximum atomic E-state index is 13.5. The number of hydrogen-bond acceptors (Lipinski definition) is 3. The second kappa shape index (κ2) is 8.74. The first kappa shape index (κ1) is 21.2. The number of aromatic nitrogens is 1. The lowest BCUT2D eigenvalue weighted by Crippen LogP contribution is -2.42. The third kappa shape index (κ3) is 4.42. The molecule has 2 aromatic rings. The molecule has 0 aliphatic heterocycles. The zero-order valence-electron chi connectivity index (χ0n) is 16.9. The topological polar surface area (TPSA) is 51.5 Å². The van der Waals surface area contributed by atoms with Crippen LogP contribution in [0.5, 0.6) is 0 Å². The molecule has 1 aromatic heterocycles. The molecule has 0 N–H and O–H groups in total. The fraction of sp³-hybridized carbons (Fsp3) is 0.304. The molecule has 0 spiro atoms. The number of nitrogens with zero attached hydrogens (tertiary/aromatic N) is 2. The molecule has 0 aliphatic rings. The van der Waals surface area contributed by atoms with Crippen LogP contribution in [-0.2, 0) is 17.7 Å². The third-order valence-electron chi connectivity index (χ3n) is 4.11. The summed E-state index contributed by atoms with van der Waals surface area (Å²) in [6.45, 7) is 17.1. The fourth-order valence-electron chi connectivity index (χ4n) is 3.10. The molecule has 0 saturated carbocycles. The number of imide groups is 1. The first-order valence-corrected chi connectivity index (χ1v) is 9.22. The summed E-state index contributed by atoms with van der Waals surface area (Å²) in [6.07, 6.45) is 4.79. The summed E-state index contributed by atoms with van der Waals surface area (Å²) in [6, 6.07) is 7.77. The van der Waals surface area contributed by atoms with Crippen molar-refractivity contribution in [2.45, 2.75) is 39.3 Å². The monoisotopic (exact) mass is 380 g/mol. The van der Waals surface area contributed by atoms with E-state index in [2.05, 4.69) is 19.7 Å². The van der Waals surface area contributed by atoms with Crippen molar-refractivity contribution in [3.63, 3.8) is 0 Å². The van der Waals surface area contributed by atoms with E-state index in [4.69, 9.17) is 4.74 Å². The summed E-state index contributed by atoms with van der Waals surface area (Å²) in [5.41, 5.74) is 1.46. The lowest BCUT2D eigenvalue weighted by molar-refractivity contribution is 0.0257. The van der Waals surface area contributed by atoms with Crippen molar-refractivity contribution < 1.29 is 14.3 Å². The Morgan fingerprint density at radius 1 is 1.11 bits per heavy atom. The standard InChI is InChI=1S/C23H28N2O3/c1-7-12-18-17-13-10-11-14-19(17)24(15-8-2)20(18)21(26)25(16-9-3)22(27)28-23(4,5)6/h7-11,13-14H,1-3,12,15-16H2,4-6H3. The van der Waals surface area contributed by atoms with E-state index in [-0.39, 0.29) is 6.54 Å². The Morgan fingerprint density at radius 3 is 2.36 bits per heavy atom. The summed E-state index contributed by atoms with van der Waals surface area (Å²) in [5, 5.41) is 0.954. The Hall–Kier alpha value is -3.08. The highest BCUT2D eigenvalue weighted by Crippen LogP contribution is 2.29. The highest BCUT2D eigenvalue weighted by molar-refractivity contribution is 6.07. The van der Waals surface area contributed by atoms with Crippen molar-refractivity contribution in [1.82, 2.24) is 9.47 Å². The summed E-state index contributed by atoms with van der Waals surface area (Å²) in [4.78, 5) is 27.3. The van der Waals surface area contributed by atoms with Gasteiger partial charge in [0.25, 0.3) is 5.91 Å². The molecule has 28 heavy (non-hydrogen) atoms. The highest BCUT2D eigenvalue weighted by atomic mass is 16.6. The summed E-state index contributed by atoms with van der Waals surface area (Å²) < 4.78 is 7.32. The second-order valence-corrected chi connectivity index (χ2v) is 7.42. The van der Waals surface area contributed by atoms with Gasteiger partial charge in [-0.25, -0.2) is 9.69 Å². The van der Waals surface area contributed by atoms with E-state index < -0.39 is 17.6 Å². The largest absolute Gasteiger partial charge is 0.443 e. The van der Waals surface area contributed by atoms with Gasteiger partial charge in [-0.1, -0.05) is 36.4 Å². The average Bonchev–Trinajstić information content (AvgIpc) is 2.92. The quantitative estimate of drug-likeness (QED) is 0.627. The van der Waals surface area contributed by atoms with Crippen LogP contribution in [0, 0.1) is 0 Å². The van der Waals surface area contributed by atoms with Gasteiger partial charge in [-0.3, -0.25) is 4.79 Å². The van der Waals surface area contributed by atoms with Crippen LogP contribution >= 0.6 is 0 Å². The number of hydrogen-bond donors (Lipinski definition) is 0.